The molecule has 0 bridgehead atoms. The minimum absolute atomic E-state index is 0.150. The highest BCUT2D eigenvalue weighted by atomic mass is 79.9. The van der Waals surface area contributed by atoms with Gasteiger partial charge >= 0.3 is 0 Å². The number of rotatable bonds is 5. The Labute approximate surface area is 155 Å². The van der Waals surface area contributed by atoms with E-state index in [0.717, 1.165) is 15.6 Å². The van der Waals surface area contributed by atoms with Gasteiger partial charge in [-0.2, -0.15) is 0 Å². The number of carbonyl (C=O) groups excluding carboxylic acids is 1. The molecule has 1 atom stereocenters. The van der Waals surface area contributed by atoms with Crippen molar-refractivity contribution >= 4 is 21.8 Å². The Morgan fingerprint density at radius 1 is 0.960 bits per heavy atom. The Morgan fingerprint density at radius 3 is 2.40 bits per heavy atom. The van der Waals surface area contributed by atoms with Crippen LogP contribution in [0.15, 0.2) is 83.3 Å². The molecule has 25 heavy (non-hydrogen) atoms. The van der Waals surface area contributed by atoms with Crippen LogP contribution in [0.4, 0.5) is 0 Å². The summed E-state index contributed by atoms with van der Waals surface area (Å²) in [4.78, 5) is 12.8. The van der Waals surface area contributed by atoms with Crippen LogP contribution < -0.4 is 10.1 Å². The largest absolute Gasteiger partial charge is 0.497 e. The lowest BCUT2D eigenvalue weighted by Crippen LogP contribution is -2.29. The van der Waals surface area contributed by atoms with Crippen molar-refractivity contribution in [3.8, 4) is 5.75 Å². The molecule has 3 nitrogen and oxygen atoms in total. The highest BCUT2D eigenvalue weighted by Crippen LogP contribution is 2.29. The zero-order valence-electron chi connectivity index (χ0n) is 13.8. The first-order chi connectivity index (χ1) is 12.2. The predicted molar refractivity (Wildman–Crippen MR) is 103 cm³/mol. The van der Waals surface area contributed by atoms with Crippen LogP contribution in [0.2, 0.25) is 0 Å². The van der Waals surface area contributed by atoms with Gasteiger partial charge in [0.25, 0.3) is 5.91 Å². The first kappa shape index (κ1) is 17.2. The molecule has 0 aromatic heterocycles. The summed E-state index contributed by atoms with van der Waals surface area (Å²) in [5, 5.41) is 3.13. The van der Waals surface area contributed by atoms with Crippen molar-refractivity contribution in [1.82, 2.24) is 5.32 Å². The molecule has 4 heteroatoms. The van der Waals surface area contributed by atoms with E-state index in [0.29, 0.717) is 11.3 Å². The van der Waals surface area contributed by atoms with Gasteiger partial charge in [-0.05, 0) is 35.4 Å². The fourth-order valence-electron chi connectivity index (χ4n) is 2.67. The van der Waals surface area contributed by atoms with Gasteiger partial charge in [-0.1, -0.05) is 70.5 Å². The number of carbonyl (C=O) groups is 1. The minimum Gasteiger partial charge on any atom is -0.497 e. The number of methoxy groups -OCH3 is 1. The first-order valence-corrected chi connectivity index (χ1v) is 8.72. The van der Waals surface area contributed by atoms with Crippen molar-refractivity contribution in [2.45, 2.75) is 6.04 Å². The van der Waals surface area contributed by atoms with Gasteiger partial charge < -0.3 is 10.1 Å². The molecule has 3 aromatic carbocycles. The van der Waals surface area contributed by atoms with E-state index < -0.39 is 0 Å². The van der Waals surface area contributed by atoms with Gasteiger partial charge in [0.2, 0.25) is 0 Å². The molecule has 0 saturated heterocycles. The van der Waals surface area contributed by atoms with Crippen LogP contribution in [-0.4, -0.2) is 13.0 Å². The maximum Gasteiger partial charge on any atom is 0.252 e. The second kappa shape index (κ2) is 7.99. The van der Waals surface area contributed by atoms with Crippen molar-refractivity contribution in [3.63, 3.8) is 0 Å². The molecule has 0 aliphatic rings. The molecule has 3 aromatic rings. The molecule has 126 valence electrons. The van der Waals surface area contributed by atoms with Gasteiger partial charge in [0.1, 0.15) is 5.75 Å². The van der Waals surface area contributed by atoms with E-state index in [2.05, 4.69) is 21.2 Å². The fraction of sp³-hybridized carbons (Fsp3) is 0.0952. The van der Waals surface area contributed by atoms with E-state index in [4.69, 9.17) is 4.74 Å². The maximum absolute atomic E-state index is 12.8. The van der Waals surface area contributed by atoms with Crippen LogP contribution in [-0.2, 0) is 0 Å². The van der Waals surface area contributed by atoms with Crippen molar-refractivity contribution in [3.05, 3.63) is 100 Å². The first-order valence-electron chi connectivity index (χ1n) is 7.93. The molecule has 0 heterocycles. The Morgan fingerprint density at radius 2 is 1.68 bits per heavy atom. The minimum atomic E-state index is -0.254. The van der Waals surface area contributed by atoms with E-state index >= 15 is 0 Å². The number of amides is 1. The van der Waals surface area contributed by atoms with Gasteiger partial charge in [0, 0.05) is 10.0 Å². The lowest BCUT2D eigenvalue weighted by molar-refractivity contribution is 0.0942. The lowest BCUT2D eigenvalue weighted by Gasteiger charge is -2.21. The smallest absolute Gasteiger partial charge is 0.252 e. The van der Waals surface area contributed by atoms with Crippen molar-refractivity contribution in [2.75, 3.05) is 7.11 Å². The summed E-state index contributed by atoms with van der Waals surface area (Å²) in [7, 11) is 1.59. The second-order valence-corrected chi connectivity index (χ2v) is 6.42. The van der Waals surface area contributed by atoms with Gasteiger partial charge in [0.15, 0.2) is 0 Å². The summed E-state index contributed by atoms with van der Waals surface area (Å²) in [6.07, 6.45) is 0. The Bertz CT molecular complexity index is 865. The molecule has 0 spiro atoms. The van der Waals surface area contributed by atoms with Crippen LogP contribution in [0.25, 0.3) is 0 Å². The highest BCUT2D eigenvalue weighted by molar-refractivity contribution is 9.10. The average Bonchev–Trinajstić information content (AvgIpc) is 2.67. The third-order valence-corrected chi connectivity index (χ3v) is 4.68. The standard InChI is InChI=1S/C21H18BrNO2/c1-25-17-11-7-10-16(14-17)21(24)23-20(15-8-3-2-4-9-15)18-12-5-6-13-19(18)22/h2-14,20H,1H3,(H,23,24)/t20-/m0/s1. The average molecular weight is 396 g/mol. The SMILES string of the molecule is COc1cccc(C(=O)N[C@@H](c2ccccc2)c2ccccc2Br)c1. The van der Waals surface area contributed by atoms with Crippen LogP contribution in [0.3, 0.4) is 0 Å². The predicted octanol–water partition coefficient (Wildman–Crippen LogP) is 4.98. The Kier molecular flexibility index (Phi) is 5.51. The molecule has 0 unspecified atom stereocenters. The zero-order chi connectivity index (χ0) is 17.6. The topological polar surface area (TPSA) is 38.3 Å². The molecule has 3 rings (SSSR count). The number of benzene rings is 3. The Balaban J connectivity index is 1.95. The number of hydrogen-bond donors (Lipinski definition) is 1. The van der Waals surface area contributed by atoms with Crippen LogP contribution in [0.5, 0.6) is 5.75 Å². The molecule has 0 fully saturated rings. The maximum atomic E-state index is 12.8. The normalized spacial score (nSPS) is 11.6. The summed E-state index contributed by atoms with van der Waals surface area (Å²) in [5.74, 6) is 0.508. The van der Waals surface area contributed by atoms with Crippen LogP contribution in [0.1, 0.15) is 27.5 Å². The lowest BCUT2D eigenvalue weighted by atomic mass is 9.98. The molecule has 0 radical (unpaired) electrons. The monoisotopic (exact) mass is 395 g/mol. The quantitative estimate of drug-likeness (QED) is 0.661. The van der Waals surface area contributed by atoms with Gasteiger partial charge in [-0.15, -0.1) is 0 Å². The summed E-state index contributed by atoms with van der Waals surface area (Å²) in [5.41, 5.74) is 2.59. The second-order valence-electron chi connectivity index (χ2n) is 5.57. The highest BCUT2D eigenvalue weighted by Gasteiger charge is 2.19. The zero-order valence-corrected chi connectivity index (χ0v) is 15.4. The summed E-state index contributed by atoms with van der Waals surface area (Å²) in [6, 6.07) is 24.7. The molecular weight excluding hydrogens is 378 g/mol. The van der Waals surface area contributed by atoms with Crippen molar-refractivity contribution in [1.29, 1.82) is 0 Å². The van der Waals surface area contributed by atoms with E-state index in [1.165, 1.54) is 0 Å². The van der Waals surface area contributed by atoms with E-state index in [1.807, 2.05) is 66.7 Å². The van der Waals surface area contributed by atoms with Gasteiger partial charge in [-0.3, -0.25) is 4.79 Å². The van der Waals surface area contributed by atoms with E-state index in [-0.39, 0.29) is 11.9 Å². The third-order valence-electron chi connectivity index (χ3n) is 3.96. The van der Waals surface area contributed by atoms with Crippen molar-refractivity contribution in [2.24, 2.45) is 0 Å². The number of hydrogen-bond acceptors (Lipinski definition) is 2. The number of halogens is 1. The van der Waals surface area contributed by atoms with Crippen LogP contribution in [0, 0.1) is 0 Å². The van der Waals surface area contributed by atoms with Gasteiger partial charge in [-0.25, -0.2) is 0 Å². The van der Waals surface area contributed by atoms with Crippen LogP contribution >= 0.6 is 15.9 Å². The number of nitrogens with one attached hydrogen (secondary N) is 1. The molecule has 0 aliphatic carbocycles. The third kappa shape index (κ3) is 4.09. The Hall–Kier alpha value is -2.59. The van der Waals surface area contributed by atoms with E-state index in [1.54, 1.807) is 19.2 Å². The molecule has 0 saturated carbocycles. The number of ether oxygens (including phenoxy) is 1. The summed E-state index contributed by atoms with van der Waals surface area (Å²) in [6.45, 7) is 0. The molecule has 0 aliphatic heterocycles. The molecular formula is C21H18BrNO2. The fourth-order valence-corrected chi connectivity index (χ4v) is 3.19. The van der Waals surface area contributed by atoms with Crippen molar-refractivity contribution < 1.29 is 9.53 Å². The summed E-state index contributed by atoms with van der Waals surface area (Å²) < 4.78 is 6.16. The summed E-state index contributed by atoms with van der Waals surface area (Å²) >= 11 is 3.59. The molecule has 1 N–H and O–H groups in total. The molecule has 1 amide bonds. The van der Waals surface area contributed by atoms with E-state index in [9.17, 15) is 4.79 Å². The van der Waals surface area contributed by atoms with Gasteiger partial charge in [0.05, 0.1) is 13.2 Å².